The van der Waals surface area contributed by atoms with Crippen LogP contribution in [0.2, 0.25) is 0 Å². The molecule has 0 radical (unpaired) electrons. The number of nitrogen functional groups attached to an aromatic ring is 1. The Hall–Kier alpha value is -1.93. The lowest BCUT2D eigenvalue weighted by atomic mass is 9.76. The van der Waals surface area contributed by atoms with Crippen LogP contribution in [0.4, 0.5) is 10.7 Å². The third-order valence-corrected chi connectivity index (χ3v) is 7.30. The number of hydrogen-bond donors (Lipinski definition) is 2. The zero-order valence-corrected chi connectivity index (χ0v) is 19.2. The summed E-state index contributed by atoms with van der Waals surface area (Å²) in [6.07, 6.45) is 8.51. The Bertz CT molecular complexity index is 751. The van der Waals surface area contributed by atoms with Crippen LogP contribution in [0.15, 0.2) is 6.20 Å². The summed E-state index contributed by atoms with van der Waals surface area (Å²) in [5.41, 5.74) is 8.17. The van der Waals surface area contributed by atoms with E-state index in [1.165, 1.54) is 31.5 Å². The highest BCUT2D eigenvalue weighted by molar-refractivity contribution is 5.74. The van der Waals surface area contributed by atoms with Crippen molar-refractivity contribution in [3.63, 3.8) is 0 Å². The molecular formula is C23H39N7O. The van der Waals surface area contributed by atoms with Gasteiger partial charge in [0.15, 0.2) is 0 Å². The van der Waals surface area contributed by atoms with Crippen LogP contribution in [0.3, 0.4) is 0 Å². The molecular weight excluding hydrogens is 390 g/mol. The topological polar surface area (TPSA) is 90.6 Å². The number of rotatable bonds is 7. The minimum absolute atomic E-state index is 0.0874. The third-order valence-electron chi connectivity index (χ3n) is 7.30. The molecule has 0 unspecified atom stereocenters. The second-order valence-electron chi connectivity index (χ2n) is 9.44. The summed E-state index contributed by atoms with van der Waals surface area (Å²) in [4.78, 5) is 28.8. The SMILES string of the molecule is CCCN1C[C@@H](NC(=O)N(CC)CCN2CCCC2)C[C@@H]2Cc3nc(N)ncc3C[C@H]21. The van der Waals surface area contributed by atoms with Gasteiger partial charge in [-0.15, -0.1) is 0 Å². The minimum atomic E-state index is 0.0874. The monoisotopic (exact) mass is 429 g/mol. The molecule has 0 saturated carbocycles. The highest BCUT2D eigenvalue weighted by atomic mass is 16.2. The summed E-state index contributed by atoms with van der Waals surface area (Å²) in [6.45, 7) is 11.2. The van der Waals surface area contributed by atoms with Crippen molar-refractivity contribution in [1.29, 1.82) is 0 Å². The number of hydrogen-bond acceptors (Lipinski definition) is 6. The molecule has 1 aliphatic carbocycles. The predicted octanol–water partition coefficient (Wildman–Crippen LogP) is 1.75. The van der Waals surface area contributed by atoms with Gasteiger partial charge in [-0.3, -0.25) is 4.90 Å². The summed E-state index contributed by atoms with van der Waals surface area (Å²) in [7, 11) is 0. The number of likely N-dealkylation sites (N-methyl/N-ethyl adjacent to an activating group) is 1. The maximum atomic E-state index is 13.1. The van der Waals surface area contributed by atoms with Gasteiger partial charge >= 0.3 is 6.03 Å². The van der Waals surface area contributed by atoms with Gasteiger partial charge in [0.05, 0.1) is 0 Å². The number of fused-ring (bicyclic) bond motifs is 2. The fourth-order valence-electron chi connectivity index (χ4n) is 5.69. The molecule has 172 valence electrons. The molecule has 2 saturated heterocycles. The summed E-state index contributed by atoms with van der Waals surface area (Å²) in [5.74, 6) is 0.854. The molecule has 1 aromatic heterocycles. The zero-order valence-electron chi connectivity index (χ0n) is 19.2. The van der Waals surface area contributed by atoms with Crippen molar-refractivity contribution in [2.75, 3.05) is 51.5 Å². The van der Waals surface area contributed by atoms with Gasteiger partial charge in [0.25, 0.3) is 0 Å². The van der Waals surface area contributed by atoms with Crippen LogP contribution in [-0.4, -0.2) is 88.6 Å². The lowest BCUT2D eigenvalue weighted by Crippen LogP contribution is -2.59. The van der Waals surface area contributed by atoms with Gasteiger partial charge in [-0.2, -0.15) is 0 Å². The van der Waals surface area contributed by atoms with Crippen molar-refractivity contribution in [2.45, 2.75) is 64.5 Å². The maximum Gasteiger partial charge on any atom is 0.317 e. The van der Waals surface area contributed by atoms with Crippen molar-refractivity contribution >= 4 is 12.0 Å². The molecule has 0 bridgehead atoms. The lowest BCUT2D eigenvalue weighted by Gasteiger charge is -2.47. The molecule has 0 spiro atoms. The number of nitrogens with one attached hydrogen (secondary N) is 1. The third kappa shape index (κ3) is 5.29. The van der Waals surface area contributed by atoms with Crippen LogP contribution in [0.1, 0.15) is 50.8 Å². The molecule has 2 aliphatic heterocycles. The molecule has 3 aliphatic rings. The van der Waals surface area contributed by atoms with Gasteiger partial charge in [-0.25, -0.2) is 14.8 Å². The van der Waals surface area contributed by atoms with Gasteiger partial charge in [0.1, 0.15) is 0 Å². The average Bonchev–Trinajstić information content (AvgIpc) is 3.27. The van der Waals surface area contributed by atoms with Crippen molar-refractivity contribution in [1.82, 2.24) is 30.0 Å². The van der Waals surface area contributed by atoms with E-state index in [1.807, 2.05) is 11.1 Å². The van der Waals surface area contributed by atoms with Crippen molar-refractivity contribution in [2.24, 2.45) is 5.92 Å². The van der Waals surface area contributed by atoms with Crippen LogP contribution < -0.4 is 11.1 Å². The fraction of sp³-hybridized carbons (Fsp3) is 0.783. The number of likely N-dealkylation sites (tertiary alicyclic amines) is 2. The van der Waals surface area contributed by atoms with Crippen LogP contribution in [0, 0.1) is 5.92 Å². The van der Waals surface area contributed by atoms with E-state index in [0.29, 0.717) is 17.9 Å². The summed E-state index contributed by atoms with van der Waals surface area (Å²) in [6, 6.07) is 0.775. The Morgan fingerprint density at radius 2 is 2.06 bits per heavy atom. The van der Waals surface area contributed by atoms with Gasteiger partial charge in [0, 0.05) is 50.2 Å². The largest absolute Gasteiger partial charge is 0.368 e. The molecule has 8 heteroatoms. The zero-order chi connectivity index (χ0) is 21.8. The van der Waals surface area contributed by atoms with E-state index in [4.69, 9.17) is 5.73 Å². The summed E-state index contributed by atoms with van der Waals surface area (Å²) in [5, 5.41) is 3.37. The van der Waals surface area contributed by atoms with Crippen LogP contribution in [0.25, 0.3) is 0 Å². The van der Waals surface area contributed by atoms with Crippen molar-refractivity contribution < 1.29 is 4.79 Å². The van der Waals surface area contributed by atoms with E-state index in [1.54, 1.807) is 0 Å². The molecule has 4 rings (SSSR count). The number of nitrogens with two attached hydrogens (primary N) is 1. The Morgan fingerprint density at radius 3 is 2.81 bits per heavy atom. The predicted molar refractivity (Wildman–Crippen MR) is 123 cm³/mol. The second kappa shape index (κ2) is 10.1. The number of amides is 2. The molecule has 31 heavy (non-hydrogen) atoms. The quantitative estimate of drug-likeness (QED) is 0.686. The Morgan fingerprint density at radius 1 is 1.26 bits per heavy atom. The molecule has 0 aromatic carbocycles. The van der Waals surface area contributed by atoms with E-state index in [9.17, 15) is 4.79 Å². The highest BCUT2D eigenvalue weighted by Gasteiger charge is 2.40. The number of aromatic nitrogens is 2. The first-order valence-corrected chi connectivity index (χ1v) is 12.2. The molecule has 3 N–H and O–H groups in total. The first-order valence-electron chi connectivity index (χ1n) is 12.2. The smallest absolute Gasteiger partial charge is 0.317 e. The van der Waals surface area contributed by atoms with E-state index in [0.717, 1.165) is 64.1 Å². The normalized spacial score (nSPS) is 26.3. The van der Waals surface area contributed by atoms with Crippen molar-refractivity contribution in [3.05, 3.63) is 17.5 Å². The van der Waals surface area contributed by atoms with Crippen LogP contribution in [0.5, 0.6) is 0 Å². The number of carbonyl (C=O) groups excluding carboxylic acids is 1. The van der Waals surface area contributed by atoms with E-state index in [-0.39, 0.29) is 12.1 Å². The van der Waals surface area contributed by atoms with E-state index in [2.05, 4.69) is 38.9 Å². The second-order valence-corrected chi connectivity index (χ2v) is 9.44. The average molecular weight is 430 g/mol. The molecule has 8 nitrogen and oxygen atoms in total. The van der Waals surface area contributed by atoms with Gasteiger partial charge in [0.2, 0.25) is 5.95 Å². The van der Waals surface area contributed by atoms with E-state index < -0.39 is 0 Å². The molecule has 2 amide bonds. The van der Waals surface area contributed by atoms with Crippen LogP contribution >= 0.6 is 0 Å². The maximum absolute atomic E-state index is 13.1. The van der Waals surface area contributed by atoms with Gasteiger partial charge in [-0.05, 0) is 76.6 Å². The fourth-order valence-corrected chi connectivity index (χ4v) is 5.69. The molecule has 3 atom stereocenters. The number of anilines is 1. The van der Waals surface area contributed by atoms with E-state index >= 15 is 0 Å². The van der Waals surface area contributed by atoms with Gasteiger partial charge < -0.3 is 20.9 Å². The number of piperidine rings is 1. The first kappa shape index (κ1) is 22.3. The van der Waals surface area contributed by atoms with Crippen LogP contribution in [-0.2, 0) is 12.8 Å². The van der Waals surface area contributed by atoms with Crippen molar-refractivity contribution in [3.8, 4) is 0 Å². The lowest BCUT2D eigenvalue weighted by molar-refractivity contribution is 0.0624. The molecule has 3 heterocycles. The minimum Gasteiger partial charge on any atom is -0.368 e. The van der Waals surface area contributed by atoms with Gasteiger partial charge in [-0.1, -0.05) is 6.92 Å². The Balaban J connectivity index is 1.39. The number of nitrogens with zero attached hydrogens (tertiary/aromatic N) is 5. The molecule has 1 aromatic rings. The summed E-state index contributed by atoms with van der Waals surface area (Å²) < 4.78 is 0. The Labute approximate surface area is 186 Å². The Kier molecular flexibility index (Phi) is 7.27. The standard InChI is InChI=1S/C23H39N7O/c1-3-7-30-16-19(26-23(31)29(4-2)11-10-28-8-5-6-9-28)12-17-13-20-18(14-21(17)30)15-25-22(24)27-20/h15,17,19,21H,3-14,16H2,1-2H3,(H,26,31)(H2,24,25,27)/t17-,19+,21-/m1/s1. The number of carbonyl (C=O) groups is 1. The highest BCUT2D eigenvalue weighted by Crippen LogP contribution is 2.34. The first-order chi connectivity index (χ1) is 15.1. The summed E-state index contributed by atoms with van der Waals surface area (Å²) >= 11 is 0. The molecule has 2 fully saturated rings. The number of urea groups is 1.